The molecule has 156 valence electrons. The highest BCUT2D eigenvalue weighted by atomic mass is 79.9. The molecule has 0 saturated carbocycles. The number of rotatable bonds is 6. The van der Waals surface area contributed by atoms with Crippen LogP contribution in [0.4, 0.5) is 5.69 Å². The molecule has 0 saturated heterocycles. The number of nitrogens with zero attached hydrogens (tertiary/aromatic N) is 2. The lowest BCUT2D eigenvalue weighted by Gasteiger charge is -2.12. The van der Waals surface area contributed by atoms with E-state index in [1.807, 2.05) is 85.8 Å². The minimum Gasteiger partial charge on any atom is -0.493 e. The highest BCUT2D eigenvalue weighted by molar-refractivity contribution is 9.10. The zero-order valence-electron chi connectivity index (χ0n) is 17.2. The molecule has 3 aromatic carbocycles. The van der Waals surface area contributed by atoms with Crippen molar-refractivity contribution in [3.05, 3.63) is 94.0 Å². The van der Waals surface area contributed by atoms with E-state index in [1.165, 1.54) is 5.01 Å². The van der Waals surface area contributed by atoms with Crippen LogP contribution in [0.25, 0.3) is 6.08 Å². The summed E-state index contributed by atoms with van der Waals surface area (Å²) in [5.41, 5.74) is 3.82. The molecule has 3 aromatic rings. The number of halogens is 1. The van der Waals surface area contributed by atoms with Crippen molar-refractivity contribution in [2.45, 2.75) is 13.5 Å². The van der Waals surface area contributed by atoms with Crippen molar-refractivity contribution in [1.29, 1.82) is 0 Å². The van der Waals surface area contributed by atoms with Gasteiger partial charge in [-0.15, -0.1) is 0 Å². The summed E-state index contributed by atoms with van der Waals surface area (Å²) in [6, 6.07) is 23.1. The van der Waals surface area contributed by atoms with Gasteiger partial charge >= 0.3 is 0 Å². The van der Waals surface area contributed by atoms with Crippen molar-refractivity contribution in [2.24, 2.45) is 5.10 Å². The van der Waals surface area contributed by atoms with E-state index in [0.29, 0.717) is 35.1 Å². The van der Waals surface area contributed by atoms with Crippen LogP contribution in [0.2, 0.25) is 0 Å². The molecule has 0 spiro atoms. The van der Waals surface area contributed by atoms with E-state index in [-0.39, 0.29) is 5.91 Å². The first-order chi connectivity index (χ1) is 15.0. The number of methoxy groups -OCH3 is 1. The highest BCUT2D eigenvalue weighted by Crippen LogP contribution is 2.31. The predicted octanol–water partition coefficient (Wildman–Crippen LogP) is 5.84. The van der Waals surface area contributed by atoms with Gasteiger partial charge in [0.15, 0.2) is 11.5 Å². The van der Waals surface area contributed by atoms with Crippen LogP contribution >= 0.6 is 15.9 Å². The van der Waals surface area contributed by atoms with Gasteiger partial charge in [-0.2, -0.15) is 10.1 Å². The Morgan fingerprint density at radius 2 is 1.81 bits per heavy atom. The zero-order chi connectivity index (χ0) is 21.8. The second-order valence-electron chi connectivity index (χ2n) is 7.02. The topological polar surface area (TPSA) is 51.1 Å². The van der Waals surface area contributed by atoms with Gasteiger partial charge in [0.25, 0.3) is 5.91 Å². The number of amides is 1. The molecule has 0 aliphatic carbocycles. The Hall–Kier alpha value is -3.38. The second kappa shape index (κ2) is 9.18. The Morgan fingerprint density at radius 3 is 2.55 bits per heavy atom. The van der Waals surface area contributed by atoms with Crippen LogP contribution in [0.5, 0.6) is 11.5 Å². The fourth-order valence-electron chi connectivity index (χ4n) is 3.26. The number of ether oxygens (including phenoxy) is 2. The number of carbonyl (C=O) groups excluding carboxylic acids is 1. The van der Waals surface area contributed by atoms with Gasteiger partial charge in [0.05, 0.1) is 24.1 Å². The molecule has 0 radical (unpaired) electrons. The first kappa shape index (κ1) is 20.9. The van der Waals surface area contributed by atoms with Crippen molar-refractivity contribution in [3.63, 3.8) is 0 Å². The van der Waals surface area contributed by atoms with Crippen LogP contribution in [-0.2, 0) is 11.4 Å². The summed E-state index contributed by atoms with van der Waals surface area (Å²) >= 11 is 3.44. The molecule has 0 fully saturated rings. The minimum absolute atomic E-state index is 0.168. The maximum Gasteiger partial charge on any atom is 0.280 e. The summed E-state index contributed by atoms with van der Waals surface area (Å²) in [7, 11) is 1.60. The number of hydrazone groups is 1. The van der Waals surface area contributed by atoms with Gasteiger partial charge in [-0.3, -0.25) is 4.79 Å². The Bertz CT molecular complexity index is 1170. The summed E-state index contributed by atoms with van der Waals surface area (Å²) in [6.07, 6.45) is 1.82. The lowest BCUT2D eigenvalue weighted by atomic mass is 10.1. The first-order valence-corrected chi connectivity index (χ1v) is 10.6. The number of anilines is 1. The molecular weight excluding hydrogens is 456 g/mol. The molecule has 31 heavy (non-hydrogen) atoms. The molecule has 0 aromatic heterocycles. The largest absolute Gasteiger partial charge is 0.493 e. The van der Waals surface area contributed by atoms with E-state index in [0.717, 1.165) is 15.6 Å². The molecule has 1 aliphatic rings. The molecule has 0 unspecified atom stereocenters. The van der Waals surface area contributed by atoms with Crippen LogP contribution in [0.1, 0.15) is 18.1 Å². The van der Waals surface area contributed by atoms with Gasteiger partial charge in [0.2, 0.25) is 0 Å². The predicted molar refractivity (Wildman–Crippen MR) is 126 cm³/mol. The van der Waals surface area contributed by atoms with E-state index < -0.39 is 0 Å². The standard InChI is InChI=1S/C25H21BrN2O3/c1-17-22(25(29)28(27-17)21-10-6-9-20(26)15-21)13-19-11-12-23(24(14-19)30-2)31-16-18-7-4-3-5-8-18/h3-15H,16H2,1-2H3. The Kier molecular flexibility index (Phi) is 6.18. The van der Waals surface area contributed by atoms with E-state index in [4.69, 9.17) is 9.47 Å². The Labute approximate surface area is 189 Å². The van der Waals surface area contributed by atoms with Crippen molar-refractivity contribution in [1.82, 2.24) is 0 Å². The van der Waals surface area contributed by atoms with Gasteiger partial charge in [-0.05, 0) is 54.5 Å². The lowest BCUT2D eigenvalue weighted by molar-refractivity contribution is -0.114. The van der Waals surface area contributed by atoms with E-state index >= 15 is 0 Å². The molecule has 0 bridgehead atoms. The normalized spacial score (nSPS) is 14.7. The van der Waals surface area contributed by atoms with Gasteiger partial charge in [-0.25, -0.2) is 0 Å². The third-order valence-corrected chi connectivity index (χ3v) is 5.34. The molecule has 0 atom stereocenters. The van der Waals surface area contributed by atoms with Crippen molar-refractivity contribution in [2.75, 3.05) is 12.1 Å². The minimum atomic E-state index is -0.168. The number of carbonyl (C=O) groups is 1. The van der Waals surface area contributed by atoms with E-state index in [9.17, 15) is 4.79 Å². The van der Waals surface area contributed by atoms with Gasteiger partial charge in [-0.1, -0.05) is 58.4 Å². The maximum atomic E-state index is 13.0. The average Bonchev–Trinajstić information content (AvgIpc) is 3.07. The van der Waals surface area contributed by atoms with Crippen LogP contribution in [0.15, 0.2) is 87.9 Å². The molecule has 5 nitrogen and oxygen atoms in total. The molecule has 4 rings (SSSR count). The SMILES string of the molecule is COc1cc(C=C2C(=O)N(c3cccc(Br)c3)N=C2C)ccc1OCc1ccccc1. The molecule has 6 heteroatoms. The molecule has 1 amide bonds. The first-order valence-electron chi connectivity index (χ1n) is 9.77. The summed E-state index contributed by atoms with van der Waals surface area (Å²) in [5, 5.41) is 5.85. The lowest BCUT2D eigenvalue weighted by Crippen LogP contribution is -2.21. The monoisotopic (exact) mass is 476 g/mol. The average molecular weight is 477 g/mol. The van der Waals surface area contributed by atoms with Crippen LogP contribution in [0, 0.1) is 0 Å². The van der Waals surface area contributed by atoms with Gasteiger partial charge in [0, 0.05) is 4.47 Å². The Balaban J connectivity index is 1.55. The zero-order valence-corrected chi connectivity index (χ0v) is 18.8. The van der Waals surface area contributed by atoms with Crippen LogP contribution in [-0.4, -0.2) is 18.7 Å². The molecule has 1 aliphatic heterocycles. The molecule has 1 heterocycles. The number of hydrogen-bond donors (Lipinski definition) is 0. The highest BCUT2D eigenvalue weighted by Gasteiger charge is 2.28. The molecular formula is C25H21BrN2O3. The Morgan fingerprint density at radius 1 is 1.00 bits per heavy atom. The van der Waals surface area contributed by atoms with Crippen LogP contribution < -0.4 is 14.5 Å². The maximum absolute atomic E-state index is 13.0. The van der Waals surface area contributed by atoms with E-state index in [1.54, 1.807) is 7.11 Å². The summed E-state index contributed by atoms with van der Waals surface area (Å²) in [6.45, 7) is 2.28. The van der Waals surface area contributed by atoms with Gasteiger partial charge in [0.1, 0.15) is 6.61 Å². The number of benzene rings is 3. The fourth-order valence-corrected chi connectivity index (χ4v) is 3.65. The van der Waals surface area contributed by atoms with E-state index in [2.05, 4.69) is 21.0 Å². The summed E-state index contributed by atoms with van der Waals surface area (Å²) in [5.74, 6) is 1.08. The van der Waals surface area contributed by atoms with Crippen molar-refractivity contribution < 1.29 is 14.3 Å². The third kappa shape index (κ3) is 4.70. The number of hydrogen-bond acceptors (Lipinski definition) is 4. The smallest absolute Gasteiger partial charge is 0.280 e. The van der Waals surface area contributed by atoms with Gasteiger partial charge < -0.3 is 9.47 Å². The summed E-state index contributed by atoms with van der Waals surface area (Å²) in [4.78, 5) is 13.0. The van der Waals surface area contributed by atoms with Crippen molar-refractivity contribution in [3.8, 4) is 11.5 Å². The van der Waals surface area contributed by atoms with Crippen LogP contribution in [0.3, 0.4) is 0 Å². The fraction of sp³-hybridized carbons (Fsp3) is 0.120. The molecule has 0 N–H and O–H groups in total. The van der Waals surface area contributed by atoms with Crippen molar-refractivity contribution >= 4 is 39.3 Å². The second-order valence-corrected chi connectivity index (χ2v) is 7.94. The summed E-state index contributed by atoms with van der Waals surface area (Å²) < 4.78 is 12.3. The quantitative estimate of drug-likeness (QED) is 0.419. The third-order valence-electron chi connectivity index (χ3n) is 4.85.